The van der Waals surface area contributed by atoms with Crippen LogP contribution in [0.1, 0.15) is 11.5 Å². The molecule has 0 aliphatic heterocycles. The molecule has 0 N–H and O–H groups in total. The molecule has 0 bridgehead atoms. The fourth-order valence-corrected chi connectivity index (χ4v) is 3.61. The number of nitrogens with zero attached hydrogens (tertiary/aromatic N) is 6. The third-order valence-electron chi connectivity index (χ3n) is 4.17. The number of oxazole rings is 1. The van der Waals surface area contributed by atoms with E-state index < -0.39 is 0 Å². The number of aromatic nitrogens is 6. The molecule has 5 heterocycles. The van der Waals surface area contributed by atoms with Gasteiger partial charge in [-0.15, -0.1) is 11.3 Å². The van der Waals surface area contributed by atoms with E-state index in [1.54, 1.807) is 23.9 Å². The summed E-state index contributed by atoms with van der Waals surface area (Å²) in [5.41, 5.74) is 2.59. The lowest BCUT2D eigenvalue weighted by atomic mass is 10.3. The molecule has 26 heavy (non-hydrogen) atoms. The quantitative estimate of drug-likeness (QED) is 0.488. The molecular weight excluding hydrogens is 348 g/mol. The summed E-state index contributed by atoms with van der Waals surface area (Å²) < 4.78 is 9.74. The van der Waals surface area contributed by atoms with Crippen LogP contribution >= 0.6 is 11.3 Å². The summed E-state index contributed by atoms with van der Waals surface area (Å²) in [6.07, 6.45) is 5.27. The van der Waals surface area contributed by atoms with Gasteiger partial charge in [-0.1, -0.05) is 12.1 Å². The highest BCUT2D eigenvalue weighted by Crippen LogP contribution is 2.30. The molecule has 0 aromatic carbocycles. The van der Waals surface area contributed by atoms with Crippen molar-refractivity contribution in [1.82, 2.24) is 29.1 Å². The molecule has 0 fully saturated rings. The first-order chi connectivity index (χ1) is 12.8. The minimum absolute atomic E-state index is 0.608. The maximum Gasteiger partial charge on any atom is 0.237 e. The van der Waals surface area contributed by atoms with E-state index in [9.17, 15) is 0 Å². The van der Waals surface area contributed by atoms with Crippen LogP contribution in [0.2, 0.25) is 0 Å². The number of aryl methyl sites for hydroxylation is 1. The summed E-state index contributed by atoms with van der Waals surface area (Å²) in [5, 5.41) is 6.30. The van der Waals surface area contributed by atoms with Crippen LogP contribution in [0.25, 0.3) is 27.9 Å². The highest BCUT2D eigenvalue weighted by Gasteiger charge is 2.18. The molecule has 0 unspecified atom stereocenters. The highest BCUT2D eigenvalue weighted by molar-refractivity contribution is 7.13. The van der Waals surface area contributed by atoms with Crippen molar-refractivity contribution in [3.05, 3.63) is 65.9 Å². The Hall–Kier alpha value is -3.26. The fraction of sp³-hybridized carbons (Fsp3) is 0.111. The standard InChI is InChI=1S/C18H14N6OS/c1-12-16(22-18(25-12)14-5-3-9-26-14)17-19-7-8-23(17)10-13-4-2-6-15-20-11-21-24(13)15/h2-9,11H,10H2,1H3. The average molecular weight is 362 g/mol. The molecule has 0 aliphatic rings. The van der Waals surface area contributed by atoms with Crippen molar-refractivity contribution in [3.8, 4) is 22.3 Å². The maximum absolute atomic E-state index is 5.86. The lowest BCUT2D eigenvalue weighted by Gasteiger charge is -2.08. The Bertz CT molecular complexity index is 1180. The number of rotatable bonds is 4. The van der Waals surface area contributed by atoms with Crippen molar-refractivity contribution < 1.29 is 4.42 Å². The van der Waals surface area contributed by atoms with Gasteiger partial charge in [0, 0.05) is 12.4 Å². The minimum Gasteiger partial charge on any atom is -0.440 e. The van der Waals surface area contributed by atoms with Crippen LogP contribution in [-0.4, -0.2) is 29.1 Å². The second-order valence-electron chi connectivity index (χ2n) is 5.83. The van der Waals surface area contributed by atoms with Crippen molar-refractivity contribution in [3.63, 3.8) is 0 Å². The van der Waals surface area contributed by atoms with E-state index in [4.69, 9.17) is 4.42 Å². The summed E-state index contributed by atoms with van der Waals surface area (Å²) in [4.78, 5) is 14.4. The van der Waals surface area contributed by atoms with Gasteiger partial charge in [-0.2, -0.15) is 5.10 Å². The Morgan fingerprint density at radius 2 is 2.12 bits per heavy atom. The van der Waals surface area contributed by atoms with Gasteiger partial charge >= 0.3 is 0 Å². The Balaban J connectivity index is 1.55. The molecule has 0 aliphatic carbocycles. The Labute approximate surface area is 152 Å². The van der Waals surface area contributed by atoms with E-state index >= 15 is 0 Å². The van der Waals surface area contributed by atoms with Gasteiger partial charge in [-0.25, -0.2) is 19.5 Å². The van der Waals surface area contributed by atoms with Crippen LogP contribution in [0.15, 0.2) is 58.9 Å². The molecule has 128 valence electrons. The zero-order chi connectivity index (χ0) is 17.5. The molecular formula is C18H14N6OS. The number of hydrogen-bond acceptors (Lipinski definition) is 6. The predicted octanol–water partition coefficient (Wildman–Crippen LogP) is 3.67. The molecule has 8 heteroatoms. The minimum atomic E-state index is 0.608. The Morgan fingerprint density at radius 3 is 3.00 bits per heavy atom. The first-order valence-electron chi connectivity index (χ1n) is 8.10. The summed E-state index contributed by atoms with van der Waals surface area (Å²) in [7, 11) is 0. The number of thiophene rings is 1. The molecule has 5 aromatic rings. The molecule has 0 saturated heterocycles. The second-order valence-corrected chi connectivity index (χ2v) is 6.77. The van der Waals surface area contributed by atoms with Gasteiger partial charge in [0.25, 0.3) is 0 Å². The first kappa shape index (κ1) is 15.0. The highest BCUT2D eigenvalue weighted by atomic mass is 32.1. The van der Waals surface area contributed by atoms with Gasteiger partial charge in [0.05, 0.1) is 17.1 Å². The van der Waals surface area contributed by atoms with Gasteiger partial charge in [-0.3, -0.25) is 0 Å². The van der Waals surface area contributed by atoms with Crippen LogP contribution in [0.5, 0.6) is 0 Å². The summed E-state index contributed by atoms with van der Waals surface area (Å²) in [6, 6.07) is 9.92. The van der Waals surface area contributed by atoms with Gasteiger partial charge in [-0.05, 0) is 30.5 Å². The van der Waals surface area contributed by atoms with Crippen LogP contribution in [0, 0.1) is 6.92 Å². The van der Waals surface area contributed by atoms with Crippen LogP contribution in [0.3, 0.4) is 0 Å². The lowest BCUT2D eigenvalue weighted by Crippen LogP contribution is -2.07. The molecule has 7 nitrogen and oxygen atoms in total. The van der Waals surface area contributed by atoms with Gasteiger partial charge < -0.3 is 8.98 Å². The van der Waals surface area contributed by atoms with Crippen molar-refractivity contribution >= 4 is 17.0 Å². The molecule has 5 rings (SSSR count). The SMILES string of the molecule is Cc1oc(-c2cccs2)nc1-c1nccn1Cc1cccc2ncnn12. The lowest BCUT2D eigenvalue weighted by molar-refractivity contribution is 0.544. The van der Waals surface area contributed by atoms with Crippen molar-refractivity contribution in [2.75, 3.05) is 0 Å². The first-order valence-corrected chi connectivity index (χ1v) is 8.98. The Morgan fingerprint density at radius 1 is 1.15 bits per heavy atom. The number of pyridine rings is 1. The Kier molecular flexibility index (Phi) is 3.42. The predicted molar refractivity (Wildman–Crippen MR) is 97.9 cm³/mol. The van der Waals surface area contributed by atoms with E-state index in [0.717, 1.165) is 33.5 Å². The number of fused-ring (bicyclic) bond motifs is 1. The monoisotopic (exact) mass is 362 g/mol. The van der Waals surface area contributed by atoms with Gasteiger partial charge in [0.15, 0.2) is 11.5 Å². The van der Waals surface area contributed by atoms with Crippen molar-refractivity contribution in [1.29, 1.82) is 0 Å². The van der Waals surface area contributed by atoms with E-state index in [0.29, 0.717) is 12.4 Å². The van der Waals surface area contributed by atoms with Gasteiger partial charge in [0.2, 0.25) is 5.89 Å². The molecule has 5 aromatic heterocycles. The summed E-state index contributed by atoms with van der Waals surface area (Å²) in [5.74, 6) is 2.14. The maximum atomic E-state index is 5.86. The molecule has 0 amide bonds. The molecule has 0 atom stereocenters. The van der Waals surface area contributed by atoms with Crippen LogP contribution in [0.4, 0.5) is 0 Å². The zero-order valence-electron chi connectivity index (χ0n) is 13.9. The van der Waals surface area contributed by atoms with Crippen molar-refractivity contribution in [2.45, 2.75) is 13.5 Å². The van der Waals surface area contributed by atoms with Crippen molar-refractivity contribution in [2.24, 2.45) is 0 Å². The molecule has 0 radical (unpaired) electrons. The smallest absolute Gasteiger partial charge is 0.237 e. The topological polar surface area (TPSA) is 74.0 Å². The van der Waals surface area contributed by atoms with E-state index in [1.165, 1.54) is 0 Å². The van der Waals surface area contributed by atoms with Crippen LogP contribution < -0.4 is 0 Å². The fourth-order valence-electron chi connectivity index (χ4n) is 2.96. The number of hydrogen-bond donors (Lipinski definition) is 0. The molecule has 0 saturated carbocycles. The number of imidazole rings is 1. The van der Waals surface area contributed by atoms with E-state index in [2.05, 4.69) is 20.1 Å². The average Bonchev–Trinajstić information content (AvgIpc) is 3.42. The van der Waals surface area contributed by atoms with Gasteiger partial charge in [0.1, 0.15) is 17.8 Å². The molecule has 0 spiro atoms. The normalized spacial score (nSPS) is 11.4. The summed E-state index contributed by atoms with van der Waals surface area (Å²) >= 11 is 1.60. The zero-order valence-corrected chi connectivity index (χ0v) is 14.7. The van der Waals surface area contributed by atoms with Crippen LogP contribution in [-0.2, 0) is 6.54 Å². The van der Waals surface area contributed by atoms with E-state index in [1.807, 2.05) is 57.9 Å². The third kappa shape index (κ3) is 2.42. The third-order valence-corrected chi connectivity index (χ3v) is 5.03. The van der Waals surface area contributed by atoms with E-state index in [-0.39, 0.29) is 0 Å². The largest absolute Gasteiger partial charge is 0.440 e. The summed E-state index contributed by atoms with van der Waals surface area (Å²) in [6.45, 7) is 2.52. The second kappa shape index (κ2) is 5.92.